The minimum absolute atomic E-state index is 0.0268. The molecule has 0 spiro atoms. The van der Waals surface area contributed by atoms with Crippen molar-refractivity contribution in [3.8, 4) is 23.3 Å². The predicted octanol–water partition coefficient (Wildman–Crippen LogP) is 5.02. The lowest BCUT2D eigenvalue weighted by molar-refractivity contribution is -0.117. The molecular formula is C22H20Br2N2O4. The summed E-state index contributed by atoms with van der Waals surface area (Å²) in [4.78, 5) is 12.5. The zero-order valence-electron chi connectivity index (χ0n) is 16.5. The van der Waals surface area contributed by atoms with E-state index in [0.717, 1.165) is 5.56 Å². The third-order valence-electron chi connectivity index (χ3n) is 3.98. The van der Waals surface area contributed by atoms with Crippen LogP contribution in [0.5, 0.6) is 17.2 Å². The fourth-order valence-electron chi connectivity index (χ4n) is 2.53. The van der Waals surface area contributed by atoms with E-state index in [9.17, 15) is 10.1 Å². The van der Waals surface area contributed by atoms with Gasteiger partial charge in [0, 0.05) is 18.2 Å². The molecule has 0 aliphatic carbocycles. The molecule has 156 valence electrons. The molecule has 2 aromatic rings. The lowest BCUT2D eigenvalue weighted by atomic mass is 10.1. The van der Waals surface area contributed by atoms with E-state index < -0.39 is 5.91 Å². The predicted molar refractivity (Wildman–Crippen MR) is 123 cm³/mol. The Bertz CT molecular complexity index is 990. The van der Waals surface area contributed by atoms with E-state index in [4.69, 9.17) is 14.2 Å². The second kappa shape index (κ2) is 11.4. The van der Waals surface area contributed by atoms with Crippen LogP contribution in [0.15, 0.2) is 57.5 Å². The summed E-state index contributed by atoms with van der Waals surface area (Å²) < 4.78 is 17.4. The lowest BCUT2D eigenvalue weighted by Gasteiger charge is -2.11. The number of carbonyl (C=O) groups is 1. The van der Waals surface area contributed by atoms with E-state index in [1.54, 1.807) is 50.6 Å². The number of amides is 1. The maximum Gasteiger partial charge on any atom is 0.262 e. The van der Waals surface area contributed by atoms with Gasteiger partial charge in [-0.3, -0.25) is 4.79 Å². The Labute approximate surface area is 192 Å². The van der Waals surface area contributed by atoms with Crippen LogP contribution in [-0.2, 0) is 11.3 Å². The molecule has 1 amide bonds. The number of rotatable bonds is 9. The van der Waals surface area contributed by atoms with Gasteiger partial charge in [0.05, 0.1) is 23.2 Å². The van der Waals surface area contributed by atoms with E-state index in [0.29, 0.717) is 38.4 Å². The summed E-state index contributed by atoms with van der Waals surface area (Å²) in [6, 6.07) is 10.8. The number of carbonyl (C=O) groups excluding carboxylic acids is 1. The van der Waals surface area contributed by atoms with E-state index in [-0.39, 0.29) is 12.1 Å². The zero-order chi connectivity index (χ0) is 22.1. The molecule has 0 aliphatic rings. The molecule has 0 fully saturated rings. The number of hydrogen-bond acceptors (Lipinski definition) is 5. The van der Waals surface area contributed by atoms with Crippen molar-refractivity contribution in [1.29, 1.82) is 5.26 Å². The molecule has 6 nitrogen and oxygen atoms in total. The van der Waals surface area contributed by atoms with Crippen molar-refractivity contribution < 1.29 is 19.0 Å². The van der Waals surface area contributed by atoms with Crippen molar-refractivity contribution in [2.24, 2.45) is 0 Å². The van der Waals surface area contributed by atoms with Crippen LogP contribution in [-0.4, -0.2) is 26.7 Å². The van der Waals surface area contributed by atoms with Gasteiger partial charge in [0.15, 0.2) is 0 Å². The maximum atomic E-state index is 12.5. The van der Waals surface area contributed by atoms with Gasteiger partial charge in [-0.2, -0.15) is 5.26 Å². The van der Waals surface area contributed by atoms with E-state index in [2.05, 4.69) is 43.8 Å². The number of ether oxygens (including phenoxy) is 3. The molecule has 0 atom stereocenters. The number of nitriles is 1. The monoisotopic (exact) mass is 534 g/mol. The Morgan fingerprint density at radius 2 is 1.90 bits per heavy atom. The summed E-state index contributed by atoms with van der Waals surface area (Å²) in [6.07, 6.45) is 3.15. The van der Waals surface area contributed by atoms with Crippen molar-refractivity contribution in [1.82, 2.24) is 5.32 Å². The van der Waals surface area contributed by atoms with Crippen molar-refractivity contribution in [3.05, 3.63) is 68.6 Å². The molecule has 0 saturated heterocycles. The Morgan fingerprint density at radius 3 is 2.47 bits per heavy atom. The van der Waals surface area contributed by atoms with E-state index in [1.807, 2.05) is 6.07 Å². The topological polar surface area (TPSA) is 80.6 Å². The number of benzene rings is 2. The Kier molecular flexibility index (Phi) is 8.96. The molecular weight excluding hydrogens is 516 g/mol. The summed E-state index contributed by atoms with van der Waals surface area (Å²) in [6.45, 7) is 4.18. The molecule has 0 bridgehead atoms. The molecule has 0 aromatic heterocycles. The van der Waals surface area contributed by atoms with Gasteiger partial charge in [-0.15, -0.1) is 0 Å². The first-order valence-electron chi connectivity index (χ1n) is 8.77. The minimum Gasteiger partial charge on any atom is -0.497 e. The number of hydrogen-bond donors (Lipinski definition) is 1. The quantitative estimate of drug-likeness (QED) is 0.277. The van der Waals surface area contributed by atoms with Gasteiger partial charge >= 0.3 is 0 Å². The lowest BCUT2D eigenvalue weighted by Crippen LogP contribution is -2.24. The highest BCUT2D eigenvalue weighted by Crippen LogP contribution is 2.35. The first-order valence-corrected chi connectivity index (χ1v) is 10.4. The van der Waals surface area contributed by atoms with Gasteiger partial charge in [0.1, 0.15) is 35.5 Å². The second-order valence-electron chi connectivity index (χ2n) is 5.94. The Balaban J connectivity index is 2.18. The maximum absolute atomic E-state index is 12.5. The number of nitrogens with zero attached hydrogens (tertiary/aromatic N) is 1. The summed E-state index contributed by atoms with van der Waals surface area (Å²) in [5.41, 5.74) is 1.40. The van der Waals surface area contributed by atoms with Crippen molar-refractivity contribution in [2.45, 2.75) is 6.54 Å². The fraction of sp³-hybridized carbons (Fsp3) is 0.182. The SMILES string of the molecule is C=CCOc1c(Br)cc(/C=C(\C#N)C(=O)NCc2ccc(OC)cc2OC)cc1Br. The molecule has 30 heavy (non-hydrogen) atoms. The minimum atomic E-state index is -0.491. The van der Waals surface area contributed by atoms with Gasteiger partial charge in [0.2, 0.25) is 0 Å². The van der Waals surface area contributed by atoms with Crippen LogP contribution in [0.4, 0.5) is 0 Å². The van der Waals surface area contributed by atoms with Gasteiger partial charge < -0.3 is 19.5 Å². The number of nitrogens with one attached hydrogen (secondary N) is 1. The Hall–Kier alpha value is -2.76. The summed E-state index contributed by atoms with van der Waals surface area (Å²) in [5, 5.41) is 12.2. The van der Waals surface area contributed by atoms with Crippen molar-refractivity contribution in [3.63, 3.8) is 0 Å². The summed E-state index contributed by atoms with van der Waals surface area (Å²) in [5.74, 6) is 1.35. The molecule has 8 heteroatoms. The van der Waals surface area contributed by atoms with E-state index >= 15 is 0 Å². The average Bonchev–Trinajstić information content (AvgIpc) is 2.75. The van der Waals surface area contributed by atoms with Crippen LogP contribution in [0, 0.1) is 11.3 Å². The molecule has 0 radical (unpaired) electrons. The fourth-order valence-corrected chi connectivity index (χ4v) is 3.98. The van der Waals surface area contributed by atoms with Crippen LogP contribution >= 0.6 is 31.9 Å². The highest BCUT2D eigenvalue weighted by Gasteiger charge is 2.13. The molecule has 1 N–H and O–H groups in total. The third kappa shape index (κ3) is 6.12. The summed E-state index contributed by atoms with van der Waals surface area (Å²) >= 11 is 6.88. The number of methoxy groups -OCH3 is 2. The van der Waals surface area contributed by atoms with Crippen LogP contribution in [0.1, 0.15) is 11.1 Å². The largest absolute Gasteiger partial charge is 0.497 e. The average molecular weight is 536 g/mol. The second-order valence-corrected chi connectivity index (χ2v) is 7.65. The standard InChI is InChI=1S/C22H20Br2N2O4/c1-4-7-30-21-18(23)9-14(10-19(21)24)8-16(12-25)22(27)26-13-15-5-6-17(28-2)11-20(15)29-3/h4-6,8-11H,1,7,13H2,2-3H3,(H,26,27)/b16-8+. The van der Waals surface area contributed by atoms with Crippen molar-refractivity contribution >= 4 is 43.8 Å². The van der Waals surface area contributed by atoms with Gasteiger partial charge in [-0.05, 0) is 67.8 Å². The first kappa shape index (κ1) is 23.5. The highest BCUT2D eigenvalue weighted by molar-refractivity contribution is 9.11. The molecule has 0 saturated carbocycles. The first-order chi connectivity index (χ1) is 14.4. The van der Waals surface area contributed by atoms with E-state index in [1.165, 1.54) is 6.08 Å². The van der Waals surface area contributed by atoms with Crippen LogP contribution < -0.4 is 19.5 Å². The molecule has 2 rings (SSSR count). The van der Waals surface area contributed by atoms with Gasteiger partial charge in [-0.25, -0.2) is 0 Å². The van der Waals surface area contributed by atoms with Gasteiger partial charge in [-0.1, -0.05) is 12.7 Å². The molecule has 0 heterocycles. The summed E-state index contributed by atoms with van der Waals surface area (Å²) in [7, 11) is 3.11. The highest BCUT2D eigenvalue weighted by atomic mass is 79.9. The number of halogens is 2. The Morgan fingerprint density at radius 1 is 1.20 bits per heavy atom. The zero-order valence-corrected chi connectivity index (χ0v) is 19.7. The van der Waals surface area contributed by atoms with Crippen LogP contribution in [0.25, 0.3) is 6.08 Å². The van der Waals surface area contributed by atoms with Crippen molar-refractivity contribution in [2.75, 3.05) is 20.8 Å². The smallest absolute Gasteiger partial charge is 0.262 e. The van der Waals surface area contributed by atoms with Gasteiger partial charge in [0.25, 0.3) is 5.91 Å². The molecule has 0 unspecified atom stereocenters. The normalized spacial score (nSPS) is 10.7. The third-order valence-corrected chi connectivity index (χ3v) is 5.15. The molecule has 0 aliphatic heterocycles. The van der Waals surface area contributed by atoms with Crippen LogP contribution in [0.3, 0.4) is 0 Å². The van der Waals surface area contributed by atoms with Crippen LogP contribution in [0.2, 0.25) is 0 Å². The molecule has 2 aromatic carbocycles.